The van der Waals surface area contributed by atoms with Crippen LogP contribution in [0.4, 0.5) is 4.79 Å². The first-order valence-corrected chi connectivity index (χ1v) is 9.71. The molecular weight excluding hydrogens is 340 g/mol. The van der Waals surface area contributed by atoms with Crippen LogP contribution in [-0.2, 0) is 6.54 Å². The molecule has 1 N–H and O–H groups in total. The number of aryl methyl sites for hydroxylation is 1. The Morgan fingerprint density at radius 2 is 2.00 bits per heavy atom. The highest BCUT2D eigenvalue weighted by Crippen LogP contribution is 2.26. The number of hydrogen-bond acceptors (Lipinski definition) is 4. The average molecular weight is 370 g/mol. The molecule has 146 valence electrons. The summed E-state index contributed by atoms with van der Waals surface area (Å²) in [6.07, 6.45) is 3.94. The Labute approximate surface area is 161 Å². The number of piperidine rings is 1. The van der Waals surface area contributed by atoms with E-state index in [0.29, 0.717) is 13.1 Å². The van der Waals surface area contributed by atoms with Crippen molar-refractivity contribution in [1.29, 1.82) is 0 Å². The number of nitrogens with one attached hydrogen (secondary N) is 1. The standard InChI is InChI=1S/C21H30N4O2/c1-16-4-6-18(7-5-16)20(25-11-8-17(2)9-12-25)14-22-21(26)24(3)15-19-10-13-27-23-19/h4-7,10,13,17,20H,8-9,11-12,14-15H2,1-3H3,(H,22,26). The van der Waals surface area contributed by atoms with Crippen molar-refractivity contribution < 1.29 is 9.32 Å². The molecule has 2 amide bonds. The second-order valence-electron chi connectivity index (χ2n) is 7.68. The first kappa shape index (κ1) is 19.4. The third-order valence-electron chi connectivity index (χ3n) is 5.40. The summed E-state index contributed by atoms with van der Waals surface area (Å²) < 4.78 is 4.83. The minimum atomic E-state index is -0.0968. The van der Waals surface area contributed by atoms with E-state index < -0.39 is 0 Å². The second-order valence-corrected chi connectivity index (χ2v) is 7.68. The van der Waals surface area contributed by atoms with E-state index in [0.717, 1.165) is 24.7 Å². The fourth-order valence-electron chi connectivity index (χ4n) is 3.54. The summed E-state index contributed by atoms with van der Waals surface area (Å²) in [5.41, 5.74) is 3.25. The van der Waals surface area contributed by atoms with Crippen molar-refractivity contribution in [1.82, 2.24) is 20.3 Å². The summed E-state index contributed by atoms with van der Waals surface area (Å²) in [5.74, 6) is 0.781. The molecule has 0 spiro atoms. The fourth-order valence-corrected chi connectivity index (χ4v) is 3.54. The number of amides is 2. The SMILES string of the molecule is Cc1ccc(C(CNC(=O)N(C)Cc2ccon2)N2CCC(C)CC2)cc1. The van der Waals surface area contributed by atoms with Gasteiger partial charge in [-0.1, -0.05) is 41.9 Å². The summed E-state index contributed by atoms with van der Waals surface area (Å²) in [4.78, 5) is 16.7. The molecule has 1 saturated heterocycles. The highest BCUT2D eigenvalue weighted by molar-refractivity contribution is 5.73. The predicted molar refractivity (Wildman–Crippen MR) is 105 cm³/mol. The number of benzene rings is 1. The van der Waals surface area contributed by atoms with Crippen LogP contribution in [-0.4, -0.2) is 47.7 Å². The number of carbonyl (C=O) groups excluding carboxylic acids is 1. The molecule has 1 aliphatic heterocycles. The lowest BCUT2D eigenvalue weighted by Crippen LogP contribution is -2.44. The molecule has 1 fully saturated rings. The van der Waals surface area contributed by atoms with E-state index >= 15 is 0 Å². The highest BCUT2D eigenvalue weighted by Gasteiger charge is 2.25. The van der Waals surface area contributed by atoms with Crippen LogP contribution in [0.5, 0.6) is 0 Å². The maximum atomic E-state index is 12.5. The monoisotopic (exact) mass is 370 g/mol. The van der Waals surface area contributed by atoms with E-state index in [2.05, 4.69) is 53.5 Å². The second kappa shape index (κ2) is 9.04. The van der Waals surface area contributed by atoms with E-state index in [4.69, 9.17) is 4.52 Å². The number of likely N-dealkylation sites (tertiary alicyclic amines) is 1. The molecule has 6 heteroatoms. The zero-order chi connectivity index (χ0) is 19.2. The zero-order valence-electron chi connectivity index (χ0n) is 16.5. The van der Waals surface area contributed by atoms with Crippen LogP contribution in [0.3, 0.4) is 0 Å². The van der Waals surface area contributed by atoms with Crippen molar-refractivity contribution in [2.75, 3.05) is 26.7 Å². The first-order valence-electron chi connectivity index (χ1n) is 9.71. The van der Waals surface area contributed by atoms with Gasteiger partial charge in [-0.05, 0) is 44.3 Å². The van der Waals surface area contributed by atoms with Crippen molar-refractivity contribution in [3.05, 3.63) is 53.4 Å². The minimum Gasteiger partial charge on any atom is -0.364 e. The number of rotatable bonds is 6. The Morgan fingerprint density at radius 3 is 2.63 bits per heavy atom. The first-order chi connectivity index (χ1) is 13.0. The van der Waals surface area contributed by atoms with E-state index in [9.17, 15) is 4.79 Å². The van der Waals surface area contributed by atoms with Gasteiger partial charge in [-0.25, -0.2) is 4.79 Å². The van der Waals surface area contributed by atoms with Gasteiger partial charge in [-0.2, -0.15) is 0 Å². The van der Waals surface area contributed by atoms with Crippen LogP contribution in [0, 0.1) is 12.8 Å². The van der Waals surface area contributed by atoms with Gasteiger partial charge in [0.05, 0.1) is 12.6 Å². The molecule has 2 heterocycles. The van der Waals surface area contributed by atoms with Gasteiger partial charge < -0.3 is 14.7 Å². The van der Waals surface area contributed by atoms with Gasteiger partial charge in [0, 0.05) is 19.7 Å². The van der Waals surface area contributed by atoms with Crippen molar-refractivity contribution in [3.8, 4) is 0 Å². The molecule has 27 heavy (non-hydrogen) atoms. The summed E-state index contributed by atoms with van der Waals surface area (Å²) in [7, 11) is 1.77. The molecule has 1 aromatic heterocycles. The molecule has 2 aromatic rings. The summed E-state index contributed by atoms with van der Waals surface area (Å²) >= 11 is 0. The lowest BCUT2D eigenvalue weighted by atomic mass is 9.95. The molecule has 1 aromatic carbocycles. The van der Waals surface area contributed by atoms with Crippen molar-refractivity contribution in [3.63, 3.8) is 0 Å². The Balaban J connectivity index is 1.63. The molecule has 0 aliphatic carbocycles. The number of carbonyl (C=O) groups is 1. The Kier molecular flexibility index (Phi) is 6.50. The molecular formula is C21H30N4O2. The van der Waals surface area contributed by atoms with Crippen molar-refractivity contribution in [2.45, 2.75) is 39.3 Å². The molecule has 0 bridgehead atoms. The maximum Gasteiger partial charge on any atom is 0.317 e. The minimum absolute atomic E-state index is 0.0968. The zero-order valence-corrected chi connectivity index (χ0v) is 16.5. The topological polar surface area (TPSA) is 61.6 Å². The number of aromatic nitrogens is 1. The van der Waals surface area contributed by atoms with Crippen LogP contribution in [0.15, 0.2) is 41.1 Å². The lowest BCUT2D eigenvalue weighted by Gasteiger charge is -2.37. The van der Waals surface area contributed by atoms with Gasteiger partial charge in [-0.15, -0.1) is 0 Å². The lowest BCUT2D eigenvalue weighted by molar-refractivity contribution is 0.133. The quantitative estimate of drug-likeness (QED) is 0.844. The summed E-state index contributed by atoms with van der Waals surface area (Å²) in [6, 6.07) is 10.5. The molecule has 1 aliphatic rings. The van der Waals surface area contributed by atoms with Gasteiger partial charge in [0.25, 0.3) is 0 Å². The molecule has 1 atom stereocenters. The van der Waals surface area contributed by atoms with Gasteiger partial charge in [0.1, 0.15) is 12.0 Å². The third-order valence-corrected chi connectivity index (χ3v) is 5.40. The van der Waals surface area contributed by atoms with Gasteiger partial charge in [0.15, 0.2) is 0 Å². The Morgan fingerprint density at radius 1 is 1.30 bits per heavy atom. The predicted octanol–water partition coefficient (Wildman–Crippen LogP) is 3.60. The van der Waals surface area contributed by atoms with Gasteiger partial charge >= 0.3 is 6.03 Å². The molecule has 1 unspecified atom stereocenters. The number of urea groups is 1. The number of hydrogen-bond donors (Lipinski definition) is 1. The van der Waals surface area contributed by atoms with Crippen LogP contribution in [0.25, 0.3) is 0 Å². The van der Waals surface area contributed by atoms with E-state index in [1.54, 1.807) is 18.0 Å². The fraction of sp³-hybridized carbons (Fsp3) is 0.524. The van der Waals surface area contributed by atoms with Crippen LogP contribution in [0.1, 0.15) is 42.6 Å². The van der Waals surface area contributed by atoms with E-state index in [-0.39, 0.29) is 12.1 Å². The Bertz CT molecular complexity index is 706. The Hall–Kier alpha value is -2.34. The number of nitrogens with zero attached hydrogens (tertiary/aromatic N) is 3. The summed E-state index contributed by atoms with van der Waals surface area (Å²) in [6.45, 7) is 7.59. The van der Waals surface area contributed by atoms with Crippen LogP contribution in [0.2, 0.25) is 0 Å². The molecule has 0 radical (unpaired) electrons. The van der Waals surface area contributed by atoms with Crippen molar-refractivity contribution >= 4 is 6.03 Å². The van der Waals surface area contributed by atoms with Crippen molar-refractivity contribution in [2.24, 2.45) is 5.92 Å². The third kappa shape index (κ3) is 5.32. The maximum absolute atomic E-state index is 12.5. The van der Waals surface area contributed by atoms with Gasteiger partial charge in [0.2, 0.25) is 0 Å². The normalized spacial score (nSPS) is 16.9. The molecule has 0 saturated carbocycles. The smallest absolute Gasteiger partial charge is 0.317 e. The van der Waals surface area contributed by atoms with Gasteiger partial charge in [-0.3, -0.25) is 4.90 Å². The van der Waals surface area contributed by atoms with Crippen LogP contribution < -0.4 is 5.32 Å². The summed E-state index contributed by atoms with van der Waals surface area (Å²) in [5, 5.41) is 6.97. The van der Waals surface area contributed by atoms with E-state index in [1.807, 2.05) is 0 Å². The highest BCUT2D eigenvalue weighted by atomic mass is 16.5. The molecule has 3 rings (SSSR count). The average Bonchev–Trinajstić information content (AvgIpc) is 3.17. The molecule has 6 nitrogen and oxygen atoms in total. The largest absolute Gasteiger partial charge is 0.364 e. The van der Waals surface area contributed by atoms with E-state index in [1.165, 1.54) is 30.2 Å². The van der Waals surface area contributed by atoms with Crippen LogP contribution >= 0.6 is 0 Å².